The minimum Gasteiger partial charge on any atom is -0.496 e. The number of hydrogen-bond acceptors (Lipinski definition) is 4. The van der Waals surface area contributed by atoms with E-state index in [1.807, 2.05) is 28.9 Å². The molecule has 1 aromatic heterocycles. The topological polar surface area (TPSA) is 60.2 Å². The second-order valence-corrected chi connectivity index (χ2v) is 3.97. The van der Waals surface area contributed by atoms with Gasteiger partial charge in [0.2, 0.25) is 0 Å². The Labute approximate surface area is 106 Å². The van der Waals surface area contributed by atoms with Crippen LogP contribution in [0.5, 0.6) is 5.75 Å². The van der Waals surface area contributed by atoms with Gasteiger partial charge in [0.25, 0.3) is 0 Å². The summed E-state index contributed by atoms with van der Waals surface area (Å²) in [7, 11) is 1.66. The highest BCUT2D eigenvalue weighted by Gasteiger charge is 2.08. The molecule has 0 radical (unpaired) electrons. The third-order valence-corrected chi connectivity index (χ3v) is 2.76. The molecule has 0 atom stereocenters. The molecule has 0 aliphatic rings. The van der Waals surface area contributed by atoms with Crippen molar-refractivity contribution < 1.29 is 9.84 Å². The highest BCUT2D eigenvalue weighted by molar-refractivity contribution is 5.35. The zero-order valence-corrected chi connectivity index (χ0v) is 10.4. The molecule has 2 aromatic rings. The van der Waals surface area contributed by atoms with Crippen molar-refractivity contribution in [1.82, 2.24) is 14.8 Å². The number of hydrogen-bond donors (Lipinski definition) is 1. The first-order valence-corrected chi connectivity index (χ1v) is 5.94. The van der Waals surface area contributed by atoms with Gasteiger partial charge in [-0.25, -0.2) is 9.67 Å². The summed E-state index contributed by atoms with van der Waals surface area (Å²) in [6.45, 7) is 0.842. The normalized spacial score (nSPS) is 10.6. The Hall–Kier alpha value is -1.88. The van der Waals surface area contributed by atoms with E-state index in [0.717, 1.165) is 17.1 Å². The molecule has 0 aliphatic carbocycles. The van der Waals surface area contributed by atoms with Gasteiger partial charge in [-0.3, -0.25) is 0 Å². The summed E-state index contributed by atoms with van der Waals surface area (Å²) in [4.78, 5) is 4.25. The molecule has 1 heterocycles. The molecule has 0 bridgehead atoms. The van der Waals surface area contributed by atoms with Gasteiger partial charge in [0, 0.05) is 25.1 Å². The highest BCUT2D eigenvalue weighted by atomic mass is 16.5. The van der Waals surface area contributed by atoms with Gasteiger partial charge in [-0.05, 0) is 12.5 Å². The van der Waals surface area contributed by atoms with Crippen LogP contribution in [0, 0.1) is 0 Å². The van der Waals surface area contributed by atoms with E-state index in [1.54, 1.807) is 13.4 Å². The standard InChI is InChI=1S/C13H17N3O2/c1-18-12-6-3-2-5-11(12)9-13-14-10-15-16(13)7-4-8-17/h2-3,5-6,10,17H,4,7-9H2,1H3. The lowest BCUT2D eigenvalue weighted by atomic mass is 10.1. The zero-order valence-electron chi connectivity index (χ0n) is 10.4. The molecule has 0 saturated heterocycles. The molecule has 0 amide bonds. The smallest absolute Gasteiger partial charge is 0.138 e. The fourth-order valence-corrected chi connectivity index (χ4v) is 1.85. The summed E-state index contributed by atoms with van der Waals surface area (Å²) in [6, 6.07) is 7.87. The maximum atomic E-state index is 8.85. The third-order valence-electron chi connectivity index (χ3n) is 2.76. The second kappa shape index (κ2) is 6.16. The van der Waals surface area contributed by atoms with Crippen LogP contribution < -0.4 is 4.74 Å². The van der Waals surface area contributed by atoms with E-state index in [1.165, 1.54) is 0 Å². The van der Waals surface area contributed by atoms with Crippen molar-refractivity contribution in [2.75, 3.05) is 13.7 Å². The van der Waals surface area contributed by atoms with Crippen LogP contribution in [-0.2, 0) is 13.0 Å². The van der Waals surface area contributed by atoms with Crippen molar-refractivity contribution in [3.8, 4) is 5.75 Å². The molecule has 0 fully saturated rings. The van der Waals surface area contributed by atoms with E-state index in [0.29, 0.717) is 19.4 Å². The number of aliphatic hydroxyl groups excluding tert-OH is 1. The molecule has 5 nitrogen and oxygen atoms in total. The van der Waals surface area contributed by atoms with Crippen molar-refractivity contribution in [2.24, 2.45) is 0 Å². The van der Waals surface area contributed by atoms with Crippen LogP contribution in [-0.4, -0.2) is 33.6 Å². The Morgan fingerprint density at radius 3 is 2.94 bits per heavy atom. The van der Waals surface area contributed by atoms with Crippen molar-refractivity contribution >= 4 is 0 Å². The first-order valence-electron chi connectivity index (χ1n) is 5.94. The van der Waals surface area contributed by atoms with Gasteiger partial charge in [0.1, 0.15) is 17.9 Å². The Bertz CT molecular complexity index is 496. The van der Waals surface area contributed by atoms with Crippen molar-refractivity contribution in [3.05, 3.63) is 42.0 Å². The Balaban J connectivity index is 2.15. The van der Waals surface area contributed by atoms with Gasteiger partial charge in [0.05, 0.1) is 7.11 Å². The largest absolute Gasteiger partial charge is 0.496 e. The molecule has 96 valence electrons. The molecule has 5 heteroatoms. The molecule has 2 rings (SSSR count). The van der Waals surface area contributed by atoms with Gasteiger partial charge in [0.15, 0.2) is 0 Å². The van der Waals surface area contributed by atoms with Crippen LogP contribution >= 0.6 is 0 Å². The summed E-state index contributed by atoms with van der Waals surface area (Å²) in [5.74, 6) is 1.74. The lowest BCUT2D eigenvalue weighted by Gasteiger charge is -2.08. The van der Waals surface area contributed by atoms with Gasteiger partial charge >= 0.3 is 0 Å². The van der Waals surface area contributed by atoms with Crippen LogP contribution in [0.1, 0.15) is 17.8 Å². The van der Waals surface area contributed by atoms with Gasteiger partial charge < -0.3 is 9.84 Å². The summed E-state index contributed by atoms with van der Waals surface area (Å²) in [5.41, 5.74) is 1.08. The van der Waals surface area contributed by atoms with E-state index < -0.39 is 0 Å². The lowest BCUT2D eigenvalue weighted by molar-refractivity contribution is 0.276. The number of aromatic nitrogens is 3. The summed E-state index contributed by atoms with van der Waals surface area (Å²) in [5, 5.41) is 13.0. The number of aliphatic hydroxyl groups is 1. The van der Waals surface area contributed by atoms with E-state index in [9.17, 15) is 0 Å². The van der Waals surface area contributed by atoms with Crippen LogP contribution in [0.25, 0.3) is 0 Å². The van der Waals surface area contributed by atoms with E-state index in [4.69, 9.17) is 9.84 Å². The number of ether oxygens (including phenoxy) is 1. The Kier molecular flexibility index (Phi) is 4.30. The van der Waals surface area contributed by atoms with Crippen LogP contribution in [0.2, 0.25) is 0 Å². The van der Waals surface area contributed by atoms with Crippen LogP contribution in [0.3, 0.4) is 0 Å². The number of aryl methyl sites for hydroxylation is 1. The molecule has 1 aromatic carbocycles. The molecular formula is C13H17N3O2. The van der Waals surface area contributed by atoms with Crippen LogP contribution in [0.15, 0.2) is 30.6 Å². The maximum absolute atomic E-state index is 8.85. The fourth-order valence-electron chi connectivity index (χ4n) is 1.85. The Morgan fingerprint density at radius 2 is 2.17 bits per heavy atom. The van der Waals surface area contributed by atoms with Crippen LogP contribution in [0.4, 0.5) is 0 Å². The van der Waals surface area contributed by atoms with Gasteiger partial charge in [-0.15, -0.1) is 0 Å². The number of nitrogens with zero attached hydrogens (tertiary/aromatic N) is 3. The first-order chi connectivity index (χ1) is 8.85. The first kappa shape index (κ1) is 12.6. The predicted molar refractivity (Wildman–Crippen MR) is 67.5 cm³/mol. The molecule has 0 spiro atoms. The quantitative estimate of drug-likeness (QED) is 0.834. The van der Waals surface area contributed by atoms with E-state index in [-0.39, 0.29) is 6.61 Å². The number of benzene rings is 1. The second-order valence-electron chi connectivity index (χ2n) is 3.97. The summed E-state index contributed by atoms with van der Waals surface area (Å²) in [6.07, 6.45) is 2.90. The number of para-hydroxylation sites is 1. The highest BCUT2D eigenvalue weighted by Crippen LogP contribution is 2.19. The van der Waals surface area contributed by atoms with Crippen molar-refractivity contribution in [3.63, 3.8) is 0 Å². The average Bonchev–Trinajstić information content (AvgIpc) is 2.84. The summed E-state index contributed by atoms with van der Waals surface area (Å²) < 4.78 is 7.14. The summed E-state index contributed by atoms with van der Waals surface area (Å²) >= 11 is 0. The zero-order chi connectivity index (χ0) is 12.8. The molecule has 0 aliphatic heterocycles. The lowest BCUT2D eigenvalue weighted by Crippen LogP contribution is -2.08. The number of methoxy groups -OCH3 is 1. The van der Waals surface area contributed by atoms with Crippen molar-refractivity contribution in [2.45, 2.75) is 19.4 Å². The third kappa shape index (κ3) is 2.87. The molecule has 0 saturated carbocycles. The SMILES string of the molecule is COc1ccccc1Cc1ncnn1CCCO. The molecule has 18 heavy (non-hydrogen) atoms. The van der Waals surface area contributed by atoms with E-state index in [2.05, 4.69) is 10.1 Å². The maximum Gasteiger partial charge on any atom is 0.138 e. The average molecular weight is 247 g/mol. The van der Waals surface area contributed by atoms with Gasteiger partial charge in [-0.1, -0.05) is 18.2 Å². The minimum atomic E-state index is 0.161. The minimum absolute atomic E-state index is 0.161. The fraction of sp³-hybridized carbons (Fsp3) is 0.385. The molecule has 0 unspecified atom stereocenters. The Morgan fingerprint density at radius 1 is 1.33 bits per heavy atom. The molecular weight excluding hydrogens is 230 g/mol. The monoisotopic (exact) mass is 247 g/mol. The van der Waals surface area contributed by atoms with Gasteiger partial charge in [-0.2, -0.15) is 5.10 Å². The van der Waals surface area contributed by atoms with E-state index >= 15 is 0 Å². The predicted octanol–water partition coefficient (Wildman–Crippen LogP) is 1.26. The molecule has 1 N–H and O–H groups in total. The van der Waals surface area contributed by atoms with Crippen molar-refractivity contribution in [1.29, 1.82) is 0 Å². The number of rotatable bonds is 6.